The third kappa shape index (κ3) is 2.97. The van der Waals surface area contributed by atoms with Crippen molar-refractivity contribution in [1.29, 1.82) is 5.26 Å². The average molecular weight is 196 g/mol. The maximum Gasteiger partial charge on any atom is 0.0670 e. The third-order valence-electron chi connectivity index (χ3n) is 2.98. The first-order chi connectivity index (χ1) is 6.67. The monoisotopic (exact) mass is 196 g/mol. The minimum Gasteiger partial charge on any atom is -0.392 e. The van der Waals surface area contributed by atoms with E-state index in [0.717, 1.165) is 25.9 Å². The summed E-state index contributed by atoms with van der Waals surface area (Å²) < 4.78 is 0. The summed E-state index contributed by atoms with van der Waals surface area (Å²) in [5, 5.41) is 18.3. The van der Waals surface area contributed by atoms with Gasteiger partial charge >= 0.3 is 0 Å². The van der Waals surface area contributed by atoms with E-state index in [0.29, 0.717) is 18.4 Å². The molecular formula is C11H20N2O. The molecule has 0 spiro atoms. The molecule has 0 amide bonds. The number of rotatable bonds is 3. The molecule has 80 valence electrons. The maximum absolute atomic E-state index is 9.64. The van der Waals surface area contributed by atoms with Crippen LogP contribution < -0.4 is 0 Å². The standard InChI is InChI=1S/C11H20N2O/c1-3-10(4-5-12)13-7-9(2)6-11(14)8-13/h9-11,14H,3-4,6-8H2,1-2H3/t9-,10?,11+/m0/s1. The molecule has 0 aliphatic carbocycles. The number of hydrogen-bond acceptors (Lipinski definition) is 3. The van der Waals surface area contributed by atoms with Gasteiger partial charge in [-0.05, 0) is 18.8 Å². The molecule has 1 fully saturated rings. The zero-order chi connectivity index (χ0) is 10.6. The Hall–Kier alpha value is -0.590. The van der Waals surface area contributed by atoms with Gasteiger partial charge in [0.05, 0.1) is 18.6 Å². The van der Waals surface area contributed by atoms with Crippen LogP contribution in [-0.4, -0.2) is 35.2 Å². The van der Waals surface area contributed by atoms with Gasteiger partial charge < -0.3 is 5.11 Å². The van der Waals surface area contributed by atoms with Crippen molar-refractivity contribution in [3.05, 3.63) is 0 Å². The van der Waals surface area contributed by atoms with Crippen molar-refractivity contribution in [2.45, 2.75) is 45.3 Å². The molecule has 1 aliphatic rings. The van der Waals surface area contributed by atoms with Gasteiger partial charge in [-0.1, -0.05) is 13.8 Å². The topological polar surface area (TPSA) is 47.3 Å². The van der Waals surface area contributed by atoms with Crippen LogP contribution >= 0.6 is 0 Å². The lowest BCUT2D eigenvalue weighted by molar-refractivity contribution is 0.0219. The SMILES string of the molecule is CCC(CC#N)N1C[C@@H](C)C[C@@H](O)C1. The normalized spacial score (nSPS) is 31.0. The lowest BCUT2D eigenvalue weighted by atomic mass is 9.95. The van der Waals surface area contributed by atoms with Crippen LogP contribution in [0.5, 0.6) is 0 Å². The molecule has 3 nitrogen and oxygen atoms in total. The molecule has 0 aromatic heterocycles. The highest BCUT2D eigenvalue weighted by Crippen LogP contribution is 2.20. The van der Waals surface area contributed by atoms with Crippen molar-refractivity contribution in [3.8, 4) is 6.07 Å². The molecule has 3 heteroatoms. The van der Waals surface area contributed by atoms with E-state index < -0.39 is 0 Å². The number of β-amino-alcohol motifs (C(OH)–C–C–N with tert-alkyl or cyclic N) is 1. The van der Waals surface area contributed by atoms with E-state index >= 15 is 0 Å². The molecule has 1 saturated heterocycles. The molecule has 1 unspecified atom stereocenters. The predicted octanol–water partition coefficient (Wildman–Crippen LogP) is 1.38. The second-order valence-corrected chi connectivity index (χ2v) is 4.37. The van der Waals surface area contributed by atoms with Gasteiger partial charge in [-0.3, -0.25) is 4.90 Å². The Morgan fingerprint density at radius 2 is 2.29 bits per heavy atom. The van der Waals surface area contributed by atoms with Gasteiger partial charge in [0, 0.05) is 19.1 Å². The number of hydrogen-bond donors (Lipinski definition) is 1. The zero-order valence-corrected chi connectivity index (χ0v) is 9.11. The van der Waals surface area contributed by atoms with E-state index in [2.05, 4.69) is 24.8 Å². The number of nitriles is 1. The third-order valence-corrected chi connectivity index (χ3v) is 2.98. The first kappa shape index (κ1) is 11.5. The molecule has 0 aromatic rings. The lowest BCUT2D eigenvalue weighted by Crippen LogP contribution is -2.47. The first-order valence-electron chi connectivity index (χ1n) is 5.46. The summed E-state index contributed by atoms with van der Waals surface area (Å²) in [4.78, 5) is 2.27. The van der Waals surface area contributed by atoms with Crippen molar-refractivity contribution >= 4 is 0 Å². The highest BCUT2D eigenvalue weighted by molar-refractivity contribution is 4.86. The van der Waals surface area contributed by atoms with E-state index in [1.165, 1.54) is 0 Å². The fraction of sp³-hybridized carbons (Fsp3) is 0.909. The van der Waals surface area contributed by atoms with Crippen LogP contribution in [-0.2, 0) is 0 Å². The molecule has 0 aromatic carbocycles. The first-order valence-corrected chi connectivity index (χ1v) is 5.46. The highest BCUT2D eigenvalue weighted by Gasteiger charge is 2.27. The largest absolute Gasteiger partial charge is 0.392 e. The summed E-state index contributed by atoms with van der Waals surface area (Å²) in [6.07, 6.45) is 2.27. The van der Waals surface area contributed by atoms with Crippen molar-refractivity contribution < 1.29 is 5.11 Å². The number of nitrogens with zero attached hydrogens (tertiary/aromatic N) is 2. The maximum atomic E-state index is 9.64. The molecule has 3 atom stereocenters. The predicted molar refractivity (Wildman–Crippen MR) is 55.7 cm³/mol. The Bertz CT molecular complexity index is 202. The summed E-state index contributed by atoms with van der Waals surface area (Å²) in [6, 6.07) is 2.55. The Labute approximate surface area is 86.3 Å². The van der Waals surface area contributed by atoms with Crippen molar-refractivity contribution in [3.63, 3.8) is 0 Å². The van der Waals surface area contributed by atoms with E-state index in [1.807, 2.05) is 0 Å². The fourth-order valence-corrected chi connectivity index (χ4v) is 2.29. The molecule has 1 N–H and O–H groups in total. The smallest absolute Gasteiger partial charge is 0.0670 e. The molecule has 1 rings (SSSR count). The van der Waals surface area contributed by atoms with Crippen LogP contribution in [0.15, 0.2) is 0 Å². The molecule has 14 heavy (non-hydrogen) atoms. The zero-order valence-electron chi connectivity index (χ0n) is 9.11. The highest BCUT2D eigenvalue weighted by atomic mass is 16.3. The van der Waals surface area contributed by atoms with Crippen LogP contribution in [0.3, 0.4) is 0 Å². The second-order valence-electron chi connectivity index (χ2n) is 4.37. The van der Waals surface area contributed by atoms with Crippen LogP contribution in [0.2, 0.25) is 0 Å². The van der Waals surface area contributed by atoms with Gasteiger partial charge in [0.25, 0.3) is 0 Å². The van der Waals surface area contributed by atoms with Gasteiger partial charge in [0.2, 0.25) is 0 Å². The molecule has 0 saturated carbocycles. The van der Waals surface area contributed by atoms with Crippen molar-refractivity contribution in [2.24, 2.45) is 5.92 Å². The number of likely N-dealkylation sites (tertiary alicyclic amines) is 1. The summed E-state index contributed by atoms with van der Waals surface area (Å²) in [6.45, 7) is 6.03. The summed E-state index contributed by atoms with van der Waals surface area (Å²) in [5.41, 5.74) is 0. The molecule has 1 heterocycles. The van der Waals surface area contributed by atoms with Crippen LogP contribution in [0.1, 0.15) is 33.1 Å². The average Bonchev–Trinajstić information content (AvgIpc) is 2.12. The van der Waals surface area contributed by atoms with Gasteiger partial charge in [-0.15, -0.1) is 0 Å². The fourth-order valence-electron chi connectivity index (χ4n) is 2.29. The minimum atomic E-state index is -0.202. The van der Waals surface area contributed by atoms with Gasteiger partial charge in [0.1, 0.15) is 0 Å². The second kappa shape index (κ2) is 5.33. The summed E-state index contributed by atoms with van der Waals surface area (Å²) in [5.74, 6) is 0.548. The molecule has 0 radical (unpaired) electrons. The van der Waals surface area contributed by atoms with Crippen molar-refractivity contribution in [1.82, 2.24) is 4.90 Å². The Morgan fingerprint density at radius 1 is 1.57 bits per heavy atom. The molecular weight excluding hydrogens is 176 g/mol. The Balaban J connectivity index is 2.52. The van der Waals surface area contributed by atoms with E-state index in [1.54, 1.807) is 0 Å². The quantitative estimate of drug-likeness (QED) is 0.742. The number of aliphatic hydroxyl groups is 1. The Morgan fingerprint density at radius 3 is 2.79 bits per heavy atom. The summed E-state index contributed by atoms with van der Waals surface area (Å²) >= 11 is 0. The summed E-state index contributed by atoms with van der Waals surface area (Å²) in [7, 11) is 0. The minimum absolute atomic E-state index is 0.202. The van der Waals surface area contributed by atoms with Crippen molar-refractivity contribution in [2.75, 3.05) is 13.1 Å². The van der Waals surface area contributed by atoms with Gasteiger partial charge in [0.15, 0.2) is 0 Å². The van der Waals surface area contributed by atoms with E-state index in [-0.39, 0.29) is 6.10 Å². The van der Waals surface area contributed by atoms with Gasteiger partial charge in [-0.25, -0.2) is 0 Å². The lowest BCUT2D eigenvalue weighted by Gasteiger charge is -2.38. The van der Waals surface area contributed by atoms with Crippen LogP contribution in [0.4, 0.5) is 0 Å². The van der Waals surface area contributed by atoms with E-state index in [4.69, 9.17) is 5.26 Å². The van der Waals surface area contributed by atoms with Crippen LogP contribution in [0.25, 0.3) is 0 Å². The number of piperidine rings is 1. The number of aliphatic hydroxyl groups excluding tert-OH is 1. The van der Waals surface area contributed by atoms with E-state index in [9.17, 15) is 5.11 Å². The molecule has 1 aliphatic heterocycles. The molecule has 0 bridgehead atoms. The van der Waals surface area contributed by atoms with Crippen LogP contribution in [0, 0.1) is 17.2 Å². The Kier molecular flexibility index (Phi) is 4.37. The van der Waals surface area contributed by atoms with Gasteiger partial charge in [-0.2, -0.15) is 5.26 Å².